The maximum absolute atomic E-state index is 13.7. The molecule has 1 saturated heterocycles. The summed E-state index contributed by atoms with van der Waals surface area (Å²) in [6.45, 7) is 1.55. The van der Waals surface area contributed by atoms with Crippen LogP contribution in [-0.2, 0) is 6.42 Å². The number of rotatable bonds is 3. The summed E-state index contributed by atoms with van der Waals surface area (Å²) >= 11 is 7.61. The van der Waals surface area contributed by atoms with Crippen molar-refractivity contribution < 1.29 is 4.39 Å². The van der Waals surface area contributed by atoms with Crippen LogP contribution in [0, 0.1) is 11.2 Å². The Hall–Kier alpha value is -3.02. The smallest absolute Gasteiger partial charge is 0.206 e. The lowest BCUT2D eigenvalue weighted by molar-refractivity contribution is 0.186. The second-order valence-corrected chi connectivity index (χ2v) is 10.2. The number of nitrogens with zero attached hydrogens (tertiary/aromatic N) is 6. The normalized spacial score (nSPS) is 19.1. The number of fused-ring (bicyclic) bond motifs is 2. The Kier molecular flexibility index (Phi) is 5.08. The van der Waals surface area contributed by atoms with E-state index in [0.29, 0.717) is 21.3 Å². The van der Waals surface area contributed by atoms with E-state index in [1.807, 2.05) is 0 Å². The van der Waals surface area contributed by atoms with E-state index in [4.69, 9.17) is 23.1 Å². The molecule has 5 N–H and O–H groups in total. The molecule has 0 amide bonds. The predicted molar refractivity (Wildman–Crippen MR) is 128 cm³/mol. The number of imidazole rings is 1. The standard InChI is InChI=1S/C22H21ClFN9S/c23-16-14(1-4-27-18(16)26)34-15-10-29-19-20(30-15)32-21(31-19)33-5-2-22(3-6-33)8-13-12(17(22)25)7-11(24)9-28-13/h1,4,7,9-10,17H,2-3,5-6,8,25H2,(H2,26,27)(H,29,30,31,32)/t17-/m1/s1. The number of aromatic amines is 1. The lowest BCUT2D eigenvalue weighted by Crippen LogP contribution is -2.44. The van der Waals surface area contributed by atoms with Crippen molar-refractivity contribution in [1.82, 2.24) is 29.9 Å². The first-order valence-electron chi connectivity index (χ1n) is 10.9. The zero-order chi connectivity index (χ0) is 23.4. The molecule has 1 fully saturated rings. The van der Waals surface area contributed by atoms with Crippen molar-refractivity contribution in [3.63, 3.8) is 0 Å². The van der Waals surface area contributed by atoms with Crippen molar-refractivity contribution in [3.8, 4) is 0 Å². The Morgan fingerprint density at radius 1 is 1.18 bits per heavy atom. The molecule has 12 heteroatoms. The van der Waals surface area contributed by atoms with Gasteiger partial charge in [0.15, 0.2) is 11.3 Å². The number of piperidine rings is 1. The topological polar surface area (TPSA) is 136 Å². The van der Waals surface area contributed by atoms with Gasteiger partial charge in [-0.1, -0.05) is 23.4 Å². The van der Waals surface area contributed by atoms with Gasteiger partial charge in [-0.3, -0.25) is 4.98 Å². The van der Waals surface area contributed by atoms with E-state index in [1.165, 1.54) is 24.0 Å². The molecule has 1 aliphatic heterocycles. The highest BCUT2D eigenvalue weighted by Gasteiger charge is 2.47. The molecular formula is C22H21ClFN9S. The lowest BCUT2D eigenvalue weighted by atomic mass is 9.73. The van der Waals surface area contributed by atoms with Gasteiger partial charge in [0.1, 0.15) is 16.7 Å². The molecule has 6 rings (SSSR count). The molecule has 1 aliphatic carbocycles. The number of nitrogen functional groups attached to an aromatic ring is 1. The Morgan fingerprint density at radius 3 is 2.82 bits per heavy atom. The van der Waals surface area contributed by atoms with Gasteiger partial charge in [-0.15, -0.1) is 0 Å². The predicted octanol–water partition coefficient (Wildman–Crippen LogP) is 3.51. The van der Waals surface area contributed by atoms with Gasteiger partial charge in [0, 0.05) is 35.9 Å². The van der Waals surface area contributed by atoms with Gasteiger partial charge in [-0.05, 0) is 42.4 Å². The number of nitrogens with one attached hydrogen (secondary N) is 1. The van der Waals surface area contributed by atoms with Crippen LogP contribution in [0.1, 0.15) is 30.1 Å². The van der Waals surface area contributed by atoms with Crippen molar-refractivity contribution >= 4 is 46.4 Å². The largest absolute Gasteiger partial charge is 0.382 e. The summed E-state index contributed by atoms with van der Waals surface area (Å²) in [5.41, 5.74) is 15.2. The molecular weight excluding hydrogens is 477 g/mol. The van der Waals surface area contributed by atoms with Crippen LogP contribution in [0.15, 0.2) is 40.6 Å². The number of pyridine rings is 2. The van der Waals surface area contributed by atoms with E-state index in [1.54, 1.807) is 18.5 Å². The Bertz CT molecular complexity index is 1400. The molecule has 174 valence electrons. The first-order valence-corrected chi connectivity index (χ1v) is 12.1. The summed E-state index contributed by atoms with van der Waals surface area (Å²) in [5.74, 6) is 0.668. The maximum atomic E-state index is 13.7. The minimum absolute atomic E-state index is 0.0996. The number of anilines is 2. The third-order valence-electron chi connectivity index (χ3n) is 6.81. The van der Waals surface area contributed by atoms with E-state index >= 15 is 0 Å². The van der Waals surface area contributed by atoms with Crippen LogP contribution in [-0.4, -0.2) is 43.0 Å². The molecule has 4 aromatic rings. The molecule has 4 aromatic heterocycles. The fourth-order valence-corrected chi connectivity index (χ4v) is 5.93. The summed E-state index contributed by atoms with van der Waals surface area (Å²) in [7, 11) is 0. The minimum atomic E-state index is -0.335. The van der Waals surface area contributed by atoms with Gasteiger partial charge in [0.25, 0.3) is 0 Å². The van der Waals surface area contributed by atoms with Crippen molar-refractivity contribution in [2.45, 2.75) is 35.2 Å². The summed E-state index contributed by atoms with van der Waals surface area (Å²) in [5, 5.41) is 1.05. The summed E-state index contributed by atoms with van der Waals surface area (Å²) in [6, 6.07) is 3.11. The number of aromatic nitrogens is 6. The highest BCUT2D eigenvalue weighted by atomic mass is 35.5. The van der Waals surface area contributed by atoms with E-state index in [2.05, 4.69) is 34.8 Å². The average Bonchev–Trinajstić information content (AvgIpc) is 3.37. The molecule has 9 nitrogen and oxygen atoms in total. The summed E-state index contributed by atoms with van der Waals surface area (Å²) in [6.07, 6.45) is 7.07. The molecule has 1 spiro atoms. The Balaban J connectivity index is 1.19. The number of nitrogens with two attached hydrogens (primary N) is 2. The Labute approximate surface area is 203 Å². The van der Waals surface area contributed by atoms with Gasteiger partial charge < -0.3 is 21.4 Å². The molecule has 0 unspecified atom stereocenters. The summed E-state index contributed by atoms with van der Waals surface area (Å²) < 4.78 is 13.7. The van der Waals surface area contributed by atoms with Crippen LogP contribution in [0.3, 0.4) is 0 Å². The van der Waals surface area contributed by atoms with Gasteiger partial charge in [0.2, 0.25) is 5.95 Å². The molecule has 2 aliphatic rings. The average molecular weight is 498 g/mol. The number of hydrogen-bond acceptors (Lipinski definition) is 9. The number of H-pyrrole nitrogens is 1. The quantitative estimate of drug-likeness (QED) is 0.388. The SMILES string of the molecule is Nc1nccc(Sc2cnc3[nH]c(N4CCC5(CC4)Cc4ncc(F)cc4[C@H]5N)nc3n2)c1Cl. The molecule has 0 saturated carbocycles. The van der Waals surface area contributed by atoms with Crippen LogP contribution in [0.25, 0.3) is 11.3 Å². The minimum Gasteiger partial charge on any atom is -0.382 e. The molecule has 1 atom stereocenters. The Morgan fingerprint density at radius 2 is 2.00 bits per heavy atom. The van der Waals surface area contributed by atoms with Crippen LogP contribution < -0.4 is 16.4 Å². The zero-order valence-electron chi connectivity index (χ0n) is 18.0. The third-order valence-corrected chi connectivity index (χ3v) is 8.29. The van der Waals surface area contributed by atoms with E-state index in [0.717, 1.165) is 54.5 Å². The van der Waals surface area contributed by atoms with E-state index in [9.17, 15) is 4.39 Å². The highest BCUT2D eigenvalue weighted by Crippen LogP contribution is 2.50. The summed E-state index contributed by atoms with van der Waals surface area (Å²) in [4.78, 5) is 28.3. The van der Waals surface area contributed by atoms with Crippen molar-refractivity contribution in [2.24, 2.45) is 11.1 Å². The van der Waals surface area contributed by atoms with Gasteiger partial charge >= 0.3 is 0 Å². The third kappa shape index (κ3) is 3.55. The van der Waals surface area contributed by atoms with Crippen LogP contribution >= 0.6 is 23.4 Å². The van der Waals surface area contributed by atoms with Crippen molar-refractivity contribution in [1.29, 1.82) is 0 Å². The molecule has 0 aromatic carbocycles. The molecule has 5 heterocycles. The first-order chi connectivity index (χ1) is 16.4. The first kappa shape index (κ1) is 21.5. The number of hydrogen-bond donors (Lipinski definition) is 3. The zero-order valence-corrected chi connectivity index (χ0v) is 19.6. The van der Waals surface area contributed by atoms with Gasteiger partial charge in [-0.25, -0.2) is 19.3 Å². The van der Waals surface area contributed by atoms with Crippen LogP contribution in [0.4, 0.5) is 16.2 Å². The van der Waals surface area contributed by atoms with Crippen molar-refractivity contribution in [3.05, 3.63) is 52.8 Å². The van der Waals surface area contributed by atoms with Gasteiger partial charge in [0.05, 0.1) is 17.4 Å². The fraction of sp³-hybridized carbons (Fsp3) is 0.318. The fourth-order valence-electron chi connectivity index (χ4n) is 4.92. The maximum Gasteiger partial charge on any atom is 0.206 e. The highest BCUT2D eigenvalue weighted by molar-refractivity contribution is 7.99. The second-order valence-electron chi connectivity index (χ2n) is 8.74. The van der Waals surface area contributed by atoms with E-state index < -0.39 is 0 Å². The van der Waals surface area contributed by atoms with Crippen molar-refractivity contribution in [2.75, 3.05) is 23.7 Å². The second kappa shape index (κ2) is 8.03. The molecule has 0 radical (unpaired) electrons. The molecule has 0 bridgehead atoms. The van der Waals surface area contributed by atoms with E-state index in [-0.39, 0.29) is 23.1 Å². The number of halogens is 2. The van der Waals surface area contributed by atoms with Crippen LogP contribution in [0.5, 0.6) is 0 Å². The monoisotopic (exact) mass is 497 g/mol. The van der Waals surface area contributed by atoms with Crippen LogP contribution in [0.2, 0.25) is 5.02 Å². The molecule has 34 heavy (non-hydrogen) atoms. The lowest BCUT2D eigenvalue weighted by Gasteiger charge is -2.41. The van der Waals surface area contributed by atoms with Gasteiger partial charge in [-0.2, -0.15) is 4.98 Å².